The number of esters is 1. The minimum Gasteiger partial charge on any atom is -0.497 e. The Morgan fingerprint density at radius 1 is 1.05 bits per heavy atom. The number of hydrogen-bond acceptors (Lipinski definition) is 10. The lowest BCUT2D eigenvalue weighted by Gasteiger charge is -2.47. The molecule has 41 heavy (non-hydrogen) atoms. The molecule has 6 bridgehead atoms. The molecule has 8 rings (SSSR count). The lowest BCUT2D eigenvalue weighted by molar-refractivity contribution is -0.328. The van der Waals surface area contributed by atoms with E-state index < -0.39 is 54.5 Å². The molecule has 1 unspecified atom stereocenters. The van der Waals surface area contributed by atoms with Crippen molar-refractivity contribution < 1.29 is 47.4 Å². The minimum absolute atomic E-state index is 0.165. The fourth-order valence-electron chi connectivity index (χ4n) is 7.21. The van der Waals surface area contributed by atoms with Crippen LogP contribution in [-0.2, 0) is 42.7 Å². The lowest BCUT2D eigenvalue weighted by atomic mass is 9.86. The van der Waals surface area contributed by atoms with Crippen LogP contribution in [0.15, 0.2) is 35.3 Å². The normalized spacial score (nSPS) is 44.1. The Balaban J connectivity index is 1.21. The highest BCUT2D eigenvalue weighted by atomic mass is 79.9. The smallest absolute Gasteiger partial charge is 0.308 e. The Morgan fingerprint density at radius 3 is 2.56 bits per heavy atom. The molecule has 7 aliphatic heterocycles. The summed E-state index contributed by atoms with van der Waals surface area (Å²) in [5.74, 6) is -2.02. The van der Waals surface area contributed by atoms with E-state index in [1.807, 2.05) is 24.3 Å². The molecule has 7 saturated heterocycles. The number of ether oxygens (including phenoxy) is 9. The standard InChI is InChI=1S/C29H34BrClO10/c1-14(30)12-16(31)10-11-28-27-29(41-26(37-27)15-4-6-17(33-2)7-5-15)25(40-28)24-23(39-29)22(38-28)21-19(36-24)9-8-18(35-21)13-20(32)34-3/h4-7,16,18-19,21-27H,1,8-13H2,2-3H3/t16-,18-,19+,21+,22+,23-,24-,25-,26?,27+,28-,29+/m1/s1. The molecule has 12 heteroatoms. The SMILES string of the molecule is C=C(Br)C[C@H](Cl)CC[C@]12O[C@@H]3[C@H]4O[C@]5(OC(c6ccc(OC)cc6)O[C@@H]15)[C@H](O2)[C@@H]4O[C@H]1CC[C@H](CC(=O)OC)O[C@H]31. The Labute approximate surface area is 251 Å². The van der Waals surface area contributed by atoms with Crippen LogP contribution in [0.5, 0.6) is 5.75 Å². The summed E-state index contributed by atoms with van der Waals surface area (Å²) in [6.45, 7) is 3.93. The molecule has 7 aliphatic rings. The van der Waals surface area contributed by atoms with Crippen LogP contribution >= 0.6 is 27.5 Å². The third-order valence-corrected chi connectivity index (χ3v) is 9.74. The number of benzene rings is 1. The molecule has 1 spiro atoms. The van der Waals surface area contributed by atoms with Crippen LogP contribution in [-0.4, -0.2) is 86.0 Å². The second kappa shape index (κ2) is 10.7. The molecule has 10 nitrogen and oxygen atoms in total. The van der Waals surface area contributed by atoms with E-state index in [1.54, 1.807) is 7.11 Å². The highest BCUT2D eigenvalue weighted by molar-refractivity contribution is 9.11. The first-order valence-corrected chi connectivity index (χ1v) is 15.3. The van der Waals surface area contributed by atoms with Gasteiger partial charge in [0, 0.05) is 17.4 Å². The Kier molecular flexibility index (Phi) is 7.44. The average molecular weight is 658 g/mol. The molecule has 0 radical (unpaired) electrons. The van der Waals surface area contributed by atoms with Gasteiger partial charge in [-0.1, -0.05) is 34.6 Å². The van der Waals surface area contributed by atoms with Gasteiger partial charge >= 0.3 is 5.97 Å². The number of carbonyl (C=O) groups excluding carboxylic acids is 1. The van der Waals surface area contributed by atoms with E-state index in [2.05, 4.69) is 22.5 Å². The highest BCUT2D eigenvalue weighted by Crippen LogP contribution is 2.64. The zero-order valence-corrected chi connectivity index (χ0v) is 25.2. The molecule has 0 amide bonds. The van der Waals surface area contributed by atoms with Gasteiger partial charge in [-0.05, 0) is 42.3 Å². The third kappa shape index (κ3) is 4.67. The molecule has 7 heterocycles. The maximum Gasteiger partial charge on any atom is 0.308 e. The van der Waals surface area contributed by atoms with Crippen LogP contribution < -0.4 is 4.74 Å². The zero-order valence-electron chi connectivity index (χ0n) is 22.9. The fraction of sp³-hybridized carbons (Fsp3) is 0.690. The molecule has 224 valence electrons. The molecule has 0 aliphatic carbocycles. The van der Waals surface area contributed by atoms with Gasteiger partial charge in [-0.3, -0.25) is 4.79 Å². The van der Waals surface area contributed by atoms with Gasteiger partial charge in [-0.15, -0.1) is 11.6 Å². The molecule has 7 fully saturated rings. The number of halogens is 2. The van der Waals surface area contributed by atoms with Gasteiger partial charge in [0.1, 0.15) is 36.3 Å². The molecule has 0 saturated carbocycles. The van der Waals surface area contributed by atoms with Gasteiger partial charge in [0.05, 0.1) is 32.8 Å². The Bertz CT molecular complexity index is 1180. The van der Waals surface area contributed by atoms with Crippen molar-refractivity contribution in [2.75, 3.05) is 14.2 Å². The molecule has 1 aromatic rings. The lowest BCUT2D eigenvalue weighted by Crippen LogP contribution is -2.62. The van der Waals surface area contributed by atoms with Gasteiger partial charge in [0.2, 0.25) is 11.6 Å². The van der Waals surface area contributed by atoms with Gasteiger partial charge in [-0.25, -0.2) is 0 Å². The van der Waals surface area contributed by atoms with Crippen LogP contribution in [0.25, 0.3) is 0 Å². The van der Waals surface area contributed by atoms with Crippen molar-refractivity contribution in [3.05, 3.63) is 40.9 Å². The maximum atomic E-state index is 12.0. The topological polar surface area (TPSA) is 100 Å². The van der Waals surface area contributed by atoms with Gasteiger partial charge in [0.25, 0.3) is 0 Å². The molecule has 0 N–H and O–H groups in total. The predicted molar refractivity (Wildman–Crippen MR) is 147 cm³/mol. The number of allylic oxidation sites excluding steroid dienone is 1. The molecular weight excluding hydrogens is 624 g/mol. The molecule has 12 atom stereocenters. The minimum atomic E-state index is -1.23. The summed E-state index contributed by atoms with van der Waals surface area (Å²) in [6.07, 6.45) is -1.24. The Hall–Kier alpha value is -1.28. The summed E-state index contributed by atoms with van der Waals surface area (Å²) in [5.41, 5.74) is 0.826. The van der Waals surface area contributed by atoms with Crippen molar-refractivity contribution in [1.29, 1.82) is 0 Å². The second-order valence-corrected chi connectivity index (χ2v) is 13.3. The van der Waals surface area contributed by atoms with E-state index in [0.717, 1.165) is 15.8 Å². The number of methoxy groups -OCH3 is 2. The monoisotopic (exact) mass is 656 g/mol. The average Bonchev–Trinajstić information content (AvgIpc) is 3.51. The summed E-state index contributed by atoms with van der Waals surface area (Å²) in [4.78, 5) is 12.0. The van der Waals surface area contributed by atoms with Gasteiger partial charge < -0.3 is 42.6 Å². The number of alkyl halides is 1. The largest absolute Gasteiger partial charge is 0.497 e. The van der Waals surface area contributed by atoms with E-state index >= 15 is 0 Å². The van der Waals surface area contributed by atoms with E-state index in [0.29, 0.717) is 32.1 Å². The highest BCUT2D eigenvalue weighted by Gasteiger charge is 2.83. The van der Waals surface area contributed by atoms with Crippen LogP contribution in [0, 0.1) is 0 Å². The van der Waals surface area contributed by atoms with Gasteiger partial charge in [-0.2, -0.15) is 0 Å². The van der Waals surface area contributed by atoms with Crippen LogP contribution in [0.3, 0.4) is 0 Å². The maximum absolute atomic E-state index is 12.0. The van der Waals surface area contributed by atoms with Crippen molar-refractivity contribution >= 4 is 33.5 Å². The Morgan fingerprint density at radius 2 is 1.83 bits per heavy atom. The van der Waals surface area contributed by atoms with Crippen LogP contribution in [0.2, 0.25) is 0 Å². The summed E-state index contributed by atoms with van der Waals surface area (Å²) in [5, 5.41) is -0.198. The van der Waals surface area contributed by atoms with E-state index in [9.17, 15) is 4.79 Å². The second-order valence-electron chi connectivity index (χ2n) is 11.6. The predicted octanol–water partition coefficient (Wildman–Crippen LogP) is 4.26. The van der Waals surface area contributed by atoms with Gasteiger partial charge in [0.15, 0.2) is 12.4 Å². The van der Waals surface area contributed by atoms with Crippen molar-refractivity contribution in [1.82, 2.24) is 0 Å². The third-order valence-electron chi connectivity index (χ3n) is 9.04. The summed E-state index contributed by atoms with van der Waals surface area (Å²) < 4.78 is 57.9. The van der Waals surface area contributed by atoms with Crippen LogP contribution in [0.4, 0.5) is 0 Å². The number of hydrogen-bond donors (Lipinski definition) is 0. The summed E-state index contributed by atoms with van der Waals surface area (Å²) in [6, 6.07) is 7.55. The zero-order chi connectivity index (χ0) is 28.5. The molecular formula is C29H34BrClO10. The first-order chi connectivity index (χ1) is 19.7. The van der Waals surface area contributed by atoms with Crippen molar-refractivity contribution in [3.8, 4) is 5.75 Å². The number of carbonyl (C=O) groups is 1. The van der Waals surface area contributed by atoms with E-state index in [4.69, 9.17) is 54.2 Å². The van der Waals surface area contributed by atoms with E-state index in [-0.39, 0.29) is 30.0 Å². The van der Waals surface area contributed by atoms with E-state index in [1.165, 1.54) is 7.11 Å². The molecule has 1 aromatic carbocycles. The quantitative estimate of drug-likeness (QED) is 0.283. The van der Waals surface area contributed by atoms with Crippen molar-refractivity contribution in [2.45, 2.75) is 111 Å². The summed E-state index contributed by atoms with van der Waals surface area (Å²) in [7, 11) is 3.00. The van der Waals surface area contributed by atoms with Crippen LogP contribution in [0.1, 0.15) is 50.4 Å². The fourth-order valence-corrected chi connectivity index (χ4v) is 8.09. The number of fused-ring (bicyclic) bond motifs is 1. The van der Waals surface area contributed by atoms with Crippen molar-refractivity contribution in [3.63, 3.8) is 0 Å². The first-order valence-electron chi connectivity index (χ1n) is 14.1. The van der Waals surface area contributed by atoms with Crippen molar-refractivity contribution in [2.24, 2.45) is 0 Å². The number of rotatable bonds is 9. The molecule has 0 aromatic heterocycles. The first kappa shape index (κ1) is 28.5. The summed E-state index contributed by atoms with van der Waals surface area (Å²) >= 11 is 10.1.